The summed E-state index contributed by atoms with van der Waals surface area (Å²) in [6.07, 6.45) is 11.4. The summed E-state index contributed by atoms with van der Waals surface area (Å²) in [7, 11) is 2.20. The van der Waals surface area contributed by atoms with E-state index in [-0.39, 0.29) is 0 Å². The van der Waals surface area contributed by atoms with Gasteiger partial charge in [-0.15, -0.1) is 0 Å². The number of aromatic nitrogens is 1. The third kappa shape index (κ3) is 2.37. The van der Waals surface area contributed by atoms with Crippen LogP contribution in [0.4, 0.5) is 0 Å². The number of nitrogens with zero attached hydrogens (tertiary/aromatic N) is 1. The average Bonchev–Trinajstić information content (AvgIpc) is 3.48. The van der Waals surface area contributed by atoms with E-state index in [4.69, 9.17) is 4.74 Å². The van der Waals surface area contributed by atoms with Crippen LogP contribution in [0.3, 0.4) is 0 Å². The van der Waals surface area contributed by atoms with Gasteiger partial charge in [-0.05, 0) is 102 Å². The first-order chi connectivity index (χ1) is 16.2. The Morgan fingerprint density at radius 1 is 1.00 bits per heavy atom. The lowest BCUT2D eigenvalue weighted by atomic mass is 9.80. The smallest absolute Gasteiger partial charge is 0.228 e. The van der Waals surface area contributed by atoms with Crippen molar-refractivity contribution in [3.8, 4) is 22.8 Å². The molecule has 0 amide bonds. The lowest BCUT2D eigenvalue weighted by Crippen LogP contribution is -2.32. The Balaban J connectivity index is 1.44. The molecule has 2 heteroatoms. The minimum absolute atomic E-state index is 0.718. The average molecular weight is 433 g/mol. The number of ether oxygens (including phenoxy) is 1. The van der Waals surface area contributed by atoms with Crippen LogP contribution >= 0.6 is 0 Å². The first-order valence-electron chi connectivity index (χ1n) is 12.9. The molecule has 0 N–H and O–H groups in total. The van der Waals surface area contributed by atoms with E-state index in [1.807, 2.05) is 0 Å². The Morgan fingerprint density at radius 3 is 2.79 bits per heavy atom. The normalized spacial score (nSPS) is 24.4. The molecule has 0 saturated heterocycles. The number of fused-ring (bicyclic) bond motifs is 5. The Labute approximate surface area is 195 Å². The molecule has 33 heavy (non-hydrogen) atoms. The summed E-state index contributed by atoms with van der Waals surface area (Å²) in [6, 6.07) is 14.1. The van der Waals surface area contributed by atoms with E-state index < -0.39 is 0 Å². The van der Waals surface area contributed by atoms with Gasteiger partial charge < -0.3 is 4.74 Å². The van der Waals surface area contributed by atoms with Crippen LogP contribution in [0.15, 0.2) is 42.6 Å². The van der Waals surface area contributed by atoms with E-state index >= 15 is 0 Å². The molecule has 2 fully saturated rings. The van der Waals surface area contributed by atoms with Gasteiger partial charge in [0.2, 0.25) is 5.69 Å². The molecule has 8 rings (SSSR count). The first kappa shape index (κ1) is 18.5. The maximum absolute atomic E-state index is 6.97. The van der Waals surface area contributed by atoms with Gasteiger partial charge in [0, 0.05) is 11.6 Å². The van der Waals surface area contributed by atoms with Crippen LogP contribution in [0.25, 0.3) is 32.8 Å². The fourth-order valence-corrected chi connectivity index (χ4v) is 7.98. The lowest BCUT2D eigenvalue weighted by molar-refractivity contribution is -0.659. The second-order valence-electron chi connectivity index (χ2n) is 11.1. The zero-order chi connectivity index (χ0) is 21.8. The van der Waals surface area contributed by atoms with E-state index in [9.17, 15) is 0 Å². The molecular formula is C31H30NO+. The monoisotopic (exact) mass is 432 g/mol. The van der Waals surface area contributed by atoms with Crippen molar-refractivity contribution in [3.63, 3.8) is 0 Å². The maximum atomic E-state index is 6.97. The van der Waals surface area contributed by atoms with Crippen LogP contribution in [0.2, 0.25) is 0 Å². The second kappa shape index (κ2) is 6.38. The van der Waals surface area contributed by atoms with Crippen molar-refractivity contribution in [2.45, 2.75) is 57.8 Å². The molecule has 2 saturated carbocycles. The highest BCUT2D eigenvalue weighted by molar-refractivity contribution is 6.07. The zero-order valence-electron chi connectivity index (χ0n) is 19.6. The van der Waals surface area contributed by atoms with Gasteiger partial charge in [0.25, 0.3) is 0 Å². The number of hydrogen-bond donors (Lipinski definition) is 0. The molecule has 2 bridgehead atoms. The molecule has 3 aliphatic carbocycles. The van der Waals surface area contributed by atoms with Crippen LogP contribution in [0, 0.1) is 18.8 Å². The van der Waals surface area contributed by atoms with Crippen LogP contribution in [-0.4, -0.2) is 0 Å². The maximum Gasteiger partial charge on any atom is 0.228 e. The van der Waals surface area contributed by atoms with Crippen molar-refractivity contribution in [2.75, 3.05) is 0 Å². The number of rotatable bonds is 1. The van der Waals surface area contributed by atoms with Crippen LogP contribution < -0.4 is 9.30 Å². The topological polar surface area (TPSA) is 13.1 Å². The van der Waals surface area contributed by atoms with Gasteiger partial charge in [-0.3, -0.25) is 0 Å². The standard InChI is InChI=1S/C31H30NO/c1-17-23-7-3-5-19-6-4-8-24(28(19)23)31-27(17)30-29-21(11-12-32(30)2)15-22(16-26(29)33-31)25-14-18-9-10-20(25)13-18/h3,5,7,11-12,15-16,18,20,25H,4,6,8-10,13-14H2,1-2H3/q+1. The van der Waals surface area contributed by atoms with Crippen LogP contribution in [-0.2, 0) is 19.9 Å². The fourth-order valence-electron chi connectivity index (χ4n) is 7.98. The van der Waals surface area contributed by atoms with Gasteiger partial charge >= 0.3 is 0 Å². The predicted octanol–water partition coefficient (Wildman–Crippen LogP) is 7.29. The minimum atomic E-state index is 0.718. The van der Waals surface area contributed by atoms with Crippen LogP contribution in [0.5, 0.6) is 11.5 Å². The summed E-state index contributed by atoms with van der Waals surface area (Å²) in [5.41, 5.74) is 8.44. The summed E-state index contributed by atoms with van der Waals surface area (Å²) >= 11 is 0. The van der Waals surface area contributed by atoms with E-state index in [0.717, 1.165) is 35.7 Å². The molecule has 0 radical (unpaired) electrons. The molecule has 1 aromatic heterocycles. The highest BCUT2D eigenvalue weighted by atomic mass is 16.5. The summed E-state index contributed by atoms with van der Waals surface area (Å²) in [6.45, 7) is 2.30. The molecule has 4 aromatic rings. The lowest BCUT2D eigenvalue weighted by Gasteiger charge is -2.29. The van der Waals surface area contributed by atoms with Crippen molar-refractivity contribution in [1.82, 2.24) is 0 Å². The van der Waals surface area contributed by atoms with Crippen molar-refractivity contribution in [3.05, 3.63) is 64.8 Å². The van der Waals surface area contributed by atoms with Crippen molar-refractivity contribution < 1.29 is 9.30 Å². The van der Waals surface area contributed by atoms with E-state index in [1.165, 1.54) is 93.6 Å². The summed E-state index contributed by atoms with van der Waals surface area (Å²) in [5, 5.41) is 5.50. The Morgan fingerprint density at radius 2 is 1.94 bits per heavy atom. The Hall–Kier alpha value is -2.87. The highest BCUT2D eigenvalue weighted by Gasteiger charge is 2.41. The predicted molar refractivity (Wildman–Crippen MR) is 133 cm³/mol. The van der Waals surface area contributed by atoms with Gasteiger partial charge in [0.05, 0.1) is 10.9 Å². The third-order valence-electron chi connectivity index (χ3n) is 9.44. The summed E-state index contributed by atoms with van der Waals surface area (Å²) in [5.74, 6) is 4.77. The minimum Gasteiger partial charge on any atom is -0.455 e. The van der Waals surface area contributed by atoms with Gasteiger partial charge in [0.1, 0.15) is 18.5 Å². The van der Waals surface area contributed by atoms with Gasteiger partial charge in [-0.2, -0.15) is 0 Å². The second-order valence-corrected chi connectivity index (χ2v) is 11.1. The number of pyridine rings is 1. The third-order valence-corrected chi connectivity index (χ3v) is 9.44. The van der Waals surface area contributed by atoms with E-state index in [0.29, 0.717) is 0 Å². The molecular weight excluding hydrogens is 402 g/mol. The number of aryl methyl sites for hydroxylation is 4. The molecule has 2 heterocycles. The molecule has 3 unspecified atom stereocenters. The quantitative estimate of drug-likeness (QED) is 0.253. The highest BCUT2D eigenvalue weighted by Crippen LogP contribution is 2.56. The summed E-state index contributed by atoms with van der Waals surface area (Å²) in [4.78, 5) is 0. The fraction of sp³-hybridized carbons (Fsp3) is 0.387. The largest absolute Gasteiger partial charge is 0.455 e. The molecule has 0 spiro atoms. The Bertz CT molecular complexity index is 1510. The molecule has 3 aromatic carbocycles. The first-order valence-corrected chi connectivity index (χ1v) is 12.9. The van der Waals surface area contributed by atoms with Crippen molar-refractivity contribution in [1.29, 1.82) is 0 Å². The van der Waals surface area contributed by atoms with E-state index in [2.05, 4.69) is 61.1 Å². The summed E-state index contributed by atoms with van der Waals surface area (Å²) < 4.78 is 9.29. The van der Waals surface area contributed by atoms with Crippen molar-refractivity contribution >= 4 is 21.5 Å². The van der Waals surface area contributed by atoms with Gasteiger partial charge in [-0.1, -0.05) is 30.7 Å². The number of benzene rings is 3. The molecule has 164 valence electrons. The van der Waals surface area contributed by atoms with Gasteiger partial charge in [-0.25, -0.2) is 4.57 Å². The van der Waals surface area contributed by atoms with Crippen molar-refractivity contribution in [2.24, 2.45) is 18.9 Å². The molecule has 1 aliphatic heterocycles. The van der Waals surface area contributed by atoms with Crippen LogP contribution in [0.1, 0.15) is 60.3 Å². The Kier molecular flexibility index (Phi) is 3.58. The van der Waals surface area contributed by atoms with Gasteiger partial charge in [0.15, 0.2) is 6.20 Å². The molecule has 3 atom stereocenters. The number of hydrogen-bond acceptors (Lipinski definition) is 1. The molecule has 4 aliphatic rings. The molecule has 2 nitrogen and oxygen atoms in total. The van der Waals surface area contributed by atoms with E-state index in [1.54, 1.807) is 0 Å². The SMILES string of the molecule is Cc1c2c(c3c4c(cccc14)CCC3)Oc1cc(C3CC4CCC3C4)cc3cc[n+](C)c-2c13. The zero-order valence-corrected chi connectivity index (χ0v) is 19.6.